The van der Waals surface area contributed by atoms with Crippen molar-refractivity contribution in [2.45, 2.75) is 6.54 Å². The molecular weight excluding hydrogens is 430 g/mol. The Balaban J connectivity index is 1.59. The fourth-order valence-corrected chi connectivity index (χ4v) is 4.88. The van der Waals surface area contributed by atoms with Crippen molar-refractivity contribution in [3.63, 3.8) is 0 Å². The van der Waals surface area contributed by atoms with Gasteiger partial charge in [-0.15, -0.1) is 0 Å². The van der Waals surface area contributed by atoms with Crippen molar-refractivity contribution < 1.29 is 14.2 Å². The maximum atomic E-state index is 14.3. The number of Topliss-reactive ketones (excluding diaryl/α,β-unsaturated/α-hetero) is 1. The lowest BCUT2D eigenvalue weighted by molar-refractivity contribution is -0.658. The van der Waals surface area contributed by atoms with E-state index in [1.165, 1.54) is 0 Å². The summed E-state index contributed by atoms with van der Waals surface area (Å²) in [4.78, 5) is 27.6. The van der Waals surface area contributed by atoms with Gasteiger partial charge in [-0.1, -0.05) is 91.0 Å². The van der Waals surface area contributed by atoms with E-state index in [1.807, 2.05) is 120 Å². The van der Waals surface area contributed by atoms with Gasteiger partial charge in [0.1, 0.15) is 0 Å². The molecule has 6 rings (SSSR count). The predicted molar refractivity (Wildman–Crippen MR) is 140 cm³/mol. The molecule has 0 aliphatic heterocycles. The zero-order valence-electron chi connectivity index (χ0n) is 19.0. The van der Waals surface area contributed by atoms with Gasteiger partial charge in [0, 0.05) is 28.6 Å². The zero-order valence-corrected chi connectivity index (χ0v) is 19.0. The third kappa shape index (κ3) is 3.68. The smallest absolute Gasteiger partial charge is 0.258 e. The Morgan fingerprint density at radius 1 is 0.571 bits per heavy atom. The van der Waals surface area contributed by atoms with Gasteiger partial charge in [-0.3, -0.25) is 9.59 Å². The van der Waals surface area contributed by atoms with Crippen LogP contribution in [0.5, 0.6) is 0 Å². The predicted octanol–water partition coefficient (Wildman–Crippen LogP) is 6.55. The topological polar surface area (TPSA) is 38.0 Å². The largest absolute Gasteiger partial charge is 0.287 e. The van der Waals surface area contributed by atoms with E-state index in [-0.39, 0.29) is 18.1 Å². The number of pyridine rings is 1. The van der Waals surface area contributed by atoms with Gasteiger partial charge in [-0.25, -0.2) is 0 Å². The molecule has 35 heavy (non-hydrogen) atoms. The van der Waals surface area contributed by atoms with Crippen LogP contribution in [0, 0.1) is 0 Å². The van der Waals surface area contributed by atoms with E-state index >= 15 is 0 Å². The van der Waals surface area contributed by atoms with E-state index < -0.39 is 0 Å². The lowest BCUT2D eigenvalue weighted by Gasteiger charge is -2.12. The van der Waals surface area contributed by atoms with Gasteiger partial charge >= 0.3 is 0 Å². The Labute approximate surface area is 202 Å². The van der Waals surface area contributed by atoms with Crippen molar-refractivity contribution in [2.75, 3.05) is 0 Å². The summed E-state index contributed by atoms with van der Waals surface area (Å²) in [7, 11) is 0. The van der Waals surface area contributed by atoms with Gasteiger partial charge in [0.15, 0.2) is 0 Å². The first kappa shape index (κ1) is 20.9. The number of nitrogens with zero attached hydrogens (tertiary/aromatic N) is 1. The van der Waals surface area contributed by atoms with Gasteiger partial charge in [-0.2, -0.15) is 4.57 Å². The van der Waals surface area contributed by atoms with Crippen molar-refractivity contribution >= 4 is 44.0 Å². The number of hydrogen-bond acceptors (Lipinski definition) is 2. The van der Waals surface area contributed by atoms with Crippen LogP contribution in [0.1, 0.15) is 26.4 Å². The fourth-order valence-electron chi connectivity index (χ4n) is 4.88. The first-order chi connectivity index (χ1) is 17.2. The molecule has 0 aliphatic rings. The summed E-state index contributed by atoms with van der Waals surface area (Å²) in [6.45, 7) is 0.0785. The van der Waals surface area contributed by atoms with Crippen molar-refractivity contribution in [3.05, 3.63) is 138 Å². The molecule has 0 fully saturated rings. The molecule has 1 aromatic heterocycles. The highest BCUT2D eigenvalue weighted by molar-refractivity contribution is 6.23. The average Bonchev–Trinajstić information content (AvgIpc) is 2.92. The molecule has 0 saturated carbocycles. The molecular formula is C32H22NO2+. The second kappa shape index (κ2) is 8.62. The molecule has 0 spiro atoms. The number of para-hydroxylation sites is 1. The molecule has 0 N–H and O–H groups in total. The summed E-state index contributed by atoms with van der Waals surface area (Å²) in [5, 5.41) is 4.83. The van der Waals surface area contributed by atoms with Gasteiger partial charge in [0.25, 0.3) is 11.5 Å². The van der Waals surface area contributed by atoms with Gasteiger partial charge in [0.2, 0.25) is 17.8 Å². The van der Waals surface area contributed by atoms with Crippen LogP contribution in [-0.4, -0.2) is 11.6 Å². The van der Waals surface area contributed by atoms with Crippen LogP contribution in [0.2, 0.25) is 0 Å². The molecule has 0 unspecified atom stereocenters. The van der Waals surface area contributed by atoms with E-state index in [9.17, 15) is 9.59 Å². The Morgan fingerprint density at radius 3 is 1.83 bits per heavy atom. The number of carbonyl (C=O) groups is 2. The number of ketones is 2. The third-order valence-corrected chi connectivity index (χ3v) is 6.57. The van der Waals surface area contributed by atoms with Gasteiger partial charge in [0.05, 0.1) is 0 Å². The molecule has 0 aliphatic carbocycles. The first-order valence-electron chi connectivity index (χ1n) is 11.7. The molecule has 6 aromatic rings. The van der Waals surface area contributed by atoms with Crippen molar-refractivity contribution in [1.82, 2.24) is 0 Å². The minimum absolute atomic E-state index is 0.0382. The molecule has 1 heterocycles. The van der Waals surface area contributed by atoms with Gasteiger partial charge in [-0.05, 0) is 39.7 Å². The maximum absolute atomic E-state index is 14.3. The molecule has 0 atom stereocenters. The molecule has 0 saturated heterocycles. The van der Waals surface area contributed by atoms with Crippen LogP contribution < -0.4 is 4.57 Å². The fraction of sp³-hybridized carbons (Fsp3) is 0.0312. The zero-order chi connectivity index (χ0) is 23.8. The van der Waals surface area contributed by atoms with Crippen molar-refractivity contribution in [2.24, 2.45) is 0 Å². The number of rotatable bonds is 5. The van der Waals surface area contributed by atoms with Crippen LogP contribution in [0.4, 0.5) is 0 Å². The minimum atomic E-state index is -0.0929. The van der Waals surface area contributed by atoms with E-state index in [1.54, 1.807) is 0 Å². The Hall–Kier alpha value is -4.63. The standard InChI is InChI=1S/C32H22NO2/c34-30(23-11-2-1-3-12-23)21-33-28-17-9-6-10-22(28)18-19-29(33)32(35)31-26-15-7-4-13-24(26)20-25-14-5-8-16-27(25)31/h1-20H,21H2/q+1. The molecule has 0 amide bonds. The van der Waals surface area contributed by atoms with E-state index in [4.69, 9.17) is 0 Å². The second-order valence-corrected chi connectivity index (χ2v) is 8.68. The van der Waals surface area contributed by atoms with Crippen LogP contribution in [0.25, 0.3) is 32.4 Å². The normalized spacial score (nSPS) is 11.2. The second-order valence-electron chi connectivity index (χ2n) is 8.68. The van der Waals surface area contributed by atoms with Crippen LogP contribution >= 0.6 is 0 Å². The lowest BCUT2D eigenvalue weighted by Crippen LogP contribution is -2.44. The Kier molecular flexibility index (Phi) is 5.16. The monoisotopic (exact) mass is 452 g/mol. The number of aromatic nitrogens is 1. The quantitative estimate of drug-likeness (QED) is 0.169. The van der Waals surface area contributed by atoms with Crippen molar-refractivity contribution in [1.29, 1.82) is 0 Å². The molecule has 166 valence electrons. The Bertz CT molecular complexity index is 1700. The first-order valence-corrected chi connectivity index (χ1v) is 11.7. The van der Waals surface area contributed by atoms with Crippen LogP contribution in [-0.2, 0) is 6.54 Å². The van der Waals surface area contributed by atoms with E-state index in [0.717, 1.165) is 32.4 Å². The summed E-state index contributed by atoms with van der Waals surface area (Å²) in [5.74, 6) is -0.131. The minimum Gasteiger partial charge on any atom is -0.287 e. The lowest BCUT2D eigenvalue weighted by atomic mass is 9.92. The Morgan fingerprint density at radius 2 is 1.14 bits per heavy atom. The highest BCUT2D eigenvalue weighted by Crippen LogP contribution is 2.30. The van der Waals surface area contributed by atoms with Crippen LogP contribution in [0.15, 0.2) is 121 Å². The van der Waals surface area contributed by atoms with Crippen molar-refractivity contribution in [3.8, 4) is 0 Å². The molecule has 3 nitrogen and oxygen atoms in total. The SMILES string of the molecule is O=C(C[n+]1c(C(=O)c2c3ccccc3cc3ccccc23)ccc2ccccc21)c1ccccc1. The molecule has 0 radical (unpaired) electrons. The number of carbonyl (C=O) groups excluding carboxylic acids is 2. The molecule has 3 heteroatoms. The number of benzene rings is 5. The van der Waals surface area contributed by atoms with Crippen LogP contribution in [0.3, 0.4) is 0 Å². The number of hydrogen-bond donors (Lipinski definition) is 0. The maximum Gasteiger partial charge on any atom is 0.258 e. The molecule has 5 aromatic carbocycles. The molecule has 0 bridgehead atoms. The highest BCUT2D eigenvalue weighted by atomic mass is 16.1. The summed E-state index contributed by atoms with van der Waals surface area (Å²) >= 11 is 0. The summed E-state index contributed by atoms with van der Waals surface area (Å²) in [5.41, 5.74) is 2.64. The van der Waals surface area contributed by atoms with Gasteiger partial charge < -0.3 is 0 Å². The average molecular weight is 453 g/mol. The number of fused-ring (bicyclic) bond motifs is 3. The van der Waals surface area contributed by atoms with E-state index in [2.05, 4.69) is 6.07 Å². The highest BCUT2D eigenvalue weighted by Gasteiger charge is 2.28. The third-order valence-electron chi connectivity index (χ3n) is 6.57. The summed E-state index contributed by atoms with van der Waals surface area (Å²) in [6, 6.07) is 39.0. The summed E-state index contributed by atoms with van der Waals surface area (Å²) < 4.78 is 1.86. The van der Waals surface area contributed by atoms with E-state index in [0.29, 0.717) is 16.8 Å². The summed E-state index contributed by atoms with van der Waals surface area (Å²) in [6.07, 6.45) is 0.